The maximum absolute atomic E-state index is 5.66. The number of halogens is 1. The second-order valence-corrected chi connectivity index (χ2v) is 8.64. The van der Waals surface area contributed by atoms with Crippen LogP contribution in [0.25, 0.3) is 10.8 Å². The Kier molecular flexibility index (Phi) is 8.66. The number of hydrogen-bond acceptors (Lipinski definition) is 3. The zero-order valence-corrected chi connectivity index (χ0v) is 18.7. The summed E-state index contributed by atoms with van der Waals surface area (Å²) in [5.74, 6) is 2.10. The van der Waals surface area contributed by atoms with Gasteiger partial charge in [-0.3, -0.25) is 4.99 Å². The fraction of sp³-hybridized carbons (Fsp3) is 0.542. The lowest BCUT2D eigenvalue weighted by atomic mass is 10.0. The van der Waals surface area contributed by atoms with Crippen molar-refractivity contribution in [1.29, 1.82) is 0 Å². The maximum atomic E-state index is 5.66. The first-order valence-corrected chi connectivity index (χ1v) is 11.6. The lowest BCUT2D eigenvalue weighted by Gasteiger charge is -2.15. The van der Waals surface area contributed by atoms with E-state index in [4.69, 9.17) is 9.73 Å². The molecule has 0 saturated carbocycles. The maximum Gasteiger partial charge on any atom is 0.124 e. The van der Waals surface area contributed by atoms with Gasteiger partial charge in [0.1, 0.15) is 5.75 Å². The second kappa shape index (κ2) is 11.5. The van der Waals surface area contributed by atoms with E-state index in [1.165, 1.54) is 74.1 Å². The van der Waals surface area contributed by atoms with E-state index in [9.17, 15) is 0 Å². The van der Waals surface area contributed by atoms with Crippen LogP contribution in [0.5, 0.6) is 5.75 Å². The summed E-state index contributed by atoms with van der Waals surface area (Å²) in [4.78, 5) is 4.91. The molecule has 1 heterocycles. The molecule has 0 spiro atoms. The molecule has 0 aliphatic carbocycles. The molecule has 2 aromatic rings. The van der Waals surface area contributed by atoms with E-state index >= 15 is 0 Å². The molecule has 152 valence electrons. The number of aliphatic imine (C=N–C) groups is 1. The van der Waals surface area contributed by atoms with Gasteiger partial charge < -0.3 is 10.1 Å². The number of nitrogens with zero attached hydrogens (tertiary/aromatic N) is 1. The summed E-state index contributed by atoms with van der Waals surface area (Å²) in [6.07, 6.45) is 13.0. The first-order chi connectivity index (χ1) is 13.8. The standard InChI is InChI=1S/C24H33BrN2O/c1-28-23-15-12-19-17-20(25)13-14-21(19)22(23)18-27-24-11-9-7-5-3-2-4-6-8-10-16-26-24/h12-15,17H,2-11,16,18H2,1H3,(H,26,27). The van der Waals surface area contributed by atoms with Crippen molar-refractivity contribution in [3.05, 3.63) is 40.4 Å². The van der Waals surface area contributed by atoms with Gasteiger partial charge in [-0.25, -0.2) is 0 Å². The zero-order chi connectivity index (χ0) is 19.6. The fourth-order valence-electron chi connectivity index (χ4n) is 3.99. The molecule has 3 rings (SSSR count). The molecule has 0 bridgehead atoms. The van der Waals surface area contributed by atoms with Crippen LogP contribution < -0.4 is 10.1 Å². The number of hydrogen-bond donors (Lipinski definition) is 1. The Hall–Kier alpha value is -1.55. The highest BCUT2D eigenvalue weighted by Crippen LogP contribution is 2.30. The Bertz CT molecular complexity index is 788. The number of amidine groups is 1. The molecule has 0 aromatic heterocycles. The summed E-state index contributed by atoms with van der Waals surface area (Å²) in [6.45, 7) is 1.70. The summed E-state index contributed by atoms with van der Waals surface area (Å²) in [5.41, 5.74) is 1.21. The van der Waals surface area contributed by atoms with Crippen molar-refractivity contribution in [3.8, 4) is 5.75 Å². The molecule has 0 radical (unpaired) electrons. The monoisotopic (exact) mass is 444 g/mol. The van der Waals surface area contributed by atoms with Gasteiger partial charge in [0.2, 0.25) is 0 Å². The van der Waals surface area contributed by atoms with Gasteiger partial charge in [0, 0.05) is 29.5 Å². The fourth-order valence-corrected chi connectivity index (χ4v) is 4.37. The molecule has 1 aliphatic heterocycles. The van der Waals surface area contributed by atoms with Gasteiger partial charge in [0.15, 0.2) is 0 Å². The van der Waals surface area contributed by atoms with Crippen molar-refractivity contribution in [1.82, 2.24) is 5.32 Å². The van der Waals surface area contributed by atoms with Crippen LogP contribution in [0.1, 0.15) is 69.8 Å². The number of fused-ring (bicyclic) bond motifs is 1. The van der Waals surface area contributed by atoms with Gasteiger partial charge in [-0.1, -0.05) is 73.0 Å². The third-order valence-corrected chi connectivity index (χ3v) is 6.11. The van der Waals surface area contributed by atoms with Crippen LogP contribution in [0.15, 0.2) is 39.8 Å². The normalized spacial score (nSPS) is 17.1. The predicted molar refractivity (Wildman–Crippen MR) is 124 cm³/mol. The van der Waals surface area contributed by atoms with Crippen molar-refractivity contribution < 1.29 is 4.74 Å². The third-order valence-electron chi connectivity index (χ3n) is 5.61. The van der Waals surface area contributed by atoms with Crippen molar-refractivity contribution in [2.45, 2.75) is 70.8 Å². The molecule has 1 N–H and O–H groups in total. The highest BCUT2D eigenvalue weighted by Gasteiger charge is 2.10. The molecule has 2 aromatic carbocycles. The van der Waals surface area contributed by atoms with Crippen LogP contribution in [-0.2, 0) is 6.54 Å². The quantitative estimate of drug-likeness (QED) is 0.551. The molecule has 0 fully saturated rings. The Morgan fingerprint density at radius 1 is 0.929 bits per heavy atom. The van der Waals surface area contributed by atoms with Crippen LogP contribution in [0, 0.1) is 0 Å². The van der Waals surface area contributed by atoms with E-state index in [2.05, 4.69) is 51.6 Å². The van der Waals surface area contributed by atoms with Gasteiger partial charge in [-0.2, -0.15) is 0 Å². The van der Waals surface area contributed by atoms with Crippen molar-refractivity contribution >= 4 is 32.5 Å². The summed E-state index contributed by atoms with van der Waals surface area (Å²) in [6, 6.07) is 10.6. The zero-order valence-electron chi connectivity index (χ0n) is 17.1. The van der Waals surface area contributed by atoms with Crippen molar-refractivity contribution in [2.75, 3.05) is 13.7 Å². The minimum absolute atomic E-state index is 0.751. The van der Waals surface area contributed by atoms with Crippen LogP contribution in [-0.4, -0.2) is 19.5 Å². The average molecular weight is 445 g/mol. The largest absolute Gasteiger partial charge is 0.496 e. The first kappa shape index (κ1) is 21.2. The van der Waals surface area contributed by atoms with E-state index in [0.29, 0.717) is 0 Å². The molecule has 4 heteroatoms. The van der Waals surface area contributed by atoms with Gasteiger partial charge in [0.25, 0.3) is 0 Å². The highest BCUT2D eigenvalue weighted by atomic mass is 79.9. The minimum atomic E-state index is 0.751. The number of ether oxygens (including phenoxy) is 1. The molecular weight excluding hydrogens is 412 g/mol. The third kappa shape index (κ3) is 6.23. The summed E-state index contributed by atoms with van der Waals surface area (Å²) in [7, 11) is 1.75. The SMILES string of the molecule is COc1ccc2cc(Br)ccc2c1CNC1=NCCCCCCCCCCC1. The minimum Gasteiger partial charge on any atom is -0.496 e. The van der Waals surface area contributed by atoms with Crippen LogP contribution >= 0.6 is 15.9 Å². The van der Waals surface area contributed by atoms with Gasteiger partial charge in [-0.05, 0) is 41.8 Å². The molecular formula is C24H33BrN2O. The second-order valence-electron chi connectivity index (χ2n) is 7.73. The van der Waals surface area contributed by atoms with Crippen LogP contribution in [0.4, 0.5) is 0 Å². The van der Waals surface area contributed by atoms with E-state index in [1.807, 2.05) is 0 Å². The first-order valence-electron chi connectivity index (χ1n) is 10.8. The summed E-state index contributed by atoms with van der Waals surface area (Å²) in [5, 5.41) is 6.11. The Morgan fingerprint density at radius 2 is 1.64 bits per heavy atom. The number of rotatable bonds is 3. The molecule has 28 heavy (non-hydrogen) atoms. The van der Waals surface area contributed by atoms with Crippen LogP contribution in [0.3, 0.4) is 0 Å². The lowest BCUT2D eigenvalue weighted by molar-refractivity contribution is 0.410. The summed E-state index contributed by atoms with van der Waals surface area (Å²) < 4.78 is 6.76. The smallest absolute Gasteiger partial charge is 0.124 e. The molecule has 3 nitrogen and oxygen atoms in total. The van der Waals surface area contributed by atoms with Gasteiger partial charge in [-0.15, -0.1) is 0 Å². The summed E-state index contributed by atoms with van der Waals surface area (Å²) >= 11 is 3.58. The topological polar surface area (TPSA) is 33.6 Å². The molecule has 0 amide bonds. The number of methoxy groups -OCH3 is 1. The Labute approximate surface area is 178 Å². The molecule has 0 unspecified atom stereocenters. The van der Waals surface area contributed by atoms with Crippen molar-refractivity contribution in [3.63, 3.8) is 0 Å². The molecule has 0 saturated heterocycles. The van der Waals surface area contributed by atoms with E-state index in [-0.39, 0.29) is 0 Å². The van der Waals surface area contributed by atoms with Gasteiger partial charge in [0.05, 0.1) is 12.9 Å². The molecule has 0 atom stereocenters. The number of nitrogens with one attached hydrogen (secondary N) is 1. The van der Waals surface area contributed by atoms with Crippen LogP contribution in [0.2, 0.25) is 0 Å². The number of benzene rings is 2. The van der Waals surface area contributed by atoms with Gasteiger partial charge >= 0.3 is 0 Å². The average Bonchev–Trinajstić information content (AvgIpc) is 2.73. The highest BCUT2D eigenvalue weighted by molar-refractivity contribution is 9.10. The van der Waals surface area contributed by atoms with E-state index < -0.39 is 0 Å². The predicted octanol–water partition coefficient (Wildman–Crippen LogP) is 7.01. The van der Waals surface area contributed by atoms with Crippen molar-refractivity contribution in [2.24, 2.45) is 4.99 Å². The molecule has 1 aliphatic rings. The lowest BCUT2D eigenvalue weighted by Crippen LogP contribution is -2.24. The Balaban J connectivity index is 1.72. The van der Waals surface area contributed by atoms with E-state index in [1.54, 1.807) is 7.11 Å². The van der Waals surface area contributed by atoms with E-state index in [0.717, 1.165) is 35.6 Å². The Morgan fingerprint density at radius 3 is 2.39 bits per heavy atom.